The Morgan fingerprint density at radius 1 is 1.26 bits per heavy atom. The predicted molar refractivity (Wildman–Crippen MR) is 108 cm³/mol. The van der Waals surface area contributed by atoms with E-state index in [-0.39, 0.29) is 17.9 Å². The molecule has 0 bridgehead atoms. The zero-order valence-corrected chi connectivity index (χ0v) is 17.6. The van der Waals surface area contributed by atoms with Crippen molar-refractivity contribution in [3.05, 3.63) is 46.8 Å². The van der Waals surface area contributed by atoms with Crippen LogP contribution in [0.4, 0.5) is 10.6 Å². The maximum atomic E-state index is 12.4. The van der Waals surface area contributed by atoms with Gasteiger partial charge in [-0.1, -0.05) is 30.3 Å². The van der Waals surface area contributed by atoms with Crippen LogP contribution in [-0.4, -0.2) is 59.2 Å². The first-order valence-electron chi connectivity index (χ1n) is 8.75. The number of rotatable bonds is 7. The molecule has 2 heterocycles. The molecule has 3 rings (SSSR count). The molecule has 4 N–H and O–H groups in total. The SMILES string of the molecule is Cc1cc(NS(=O)(=O)NC(=O)N2CC(NC(=O)C(C(=O)O)c3ccccc3)C2=O)ns1. The van der Waals surface area contributed by atoms with Gasteiger partial charge in [0.1, 0.15) is 6.04 Å². The number of hydrogen-bond acceptors (Lipinski definition) is 8. The van der Waals surface area contributed by atoms with Crippen LogP contribution in [0, 0.1) is 6.92 Å². The number of nitrogens with one attached hydrogen (secondary N) is 3. The van der Waals surface area contributed by atoms with E-state index in [9.17, 15) is 32.7 Å². The maximum absolute atomic E-state index is 12.4. The fraction of sp³-hybridized carbons (Fsp3) is 0.235. The number of likely N-dealkylation sites (tertiary alicyclic amines) is 1. The average molecular weight is 467 g/mol. The fourth-order valence-corrected chi connectivity index (χ4v) is 4.10. The molecule has 2 unspecified atom stereocenters. The van der Waals surface area contributed by atoms with Gasteiger partial charge in [0.15, 0.2) is 11.7 Å². The number of carbonyl (C=O) groups is 4. The molecule has 1 aromatic carbocycles. The lowest BCUT2D eigenvalue weighted by Gasteiger charge is -2.36. The molecule has 0 saturated carbocycles. The summed E-state index contributed by atoms with van der Waals surface area (Å²) in [6.45, 7) is 1.40. The van der Waals surface area contributed by atoms with Gasteiger partial charge in [-0.15, -0.1) is 0 Å². The van der Waals surface area contributed by atoms with E-state index in [1.807, 2.05) is 4.72 Å². The molecular weight excluding hydrogens is 450 g/mol. The van der Waals surface area contributed by atoms with Crippen molar-refractivity contribution < 1.29 is 32.7 Å². The lowest BCUT2D eigenvalue weighted by Crippen LogP contribution is -2.68. The van der Waals surface area contributed by atoms with Gasteiger partial charge in [-0.2, -0.15) is 12.8 Å². The van der Waals surface area contributed by atoms with Gasteiger partial charge in [0.05, 0.1) is 6.54 Å². The molecule has 4 amide bonds. The molecule has 0 radical (unpaired) electrons. The molecular formula is C17H17N5O7S2. The second kappa shape index (κ2) is 8.69. The highest BCUT2D eigenvalue weighted by Gasteiger charge is 2.44. The standard InChI is InChI=1S/C17H17N5O7S2/c1-9-7-12(19-30-9)20-31(28,29)21-17(27)22-8-11(15(22)24)18-14(23)13(16(25)26)10-5-3-2-4-6-10/h2-7,11,13H,8H2,1H3,(H,18,23)(H,19,20)(H,21,27)(H,25,26). The van der Waals surface area contributed by atoms with Gasteiger partial charge >= 0.3 is 22.2 Å². The number of anilines is 1. The molecule has 1 aromatic heterocycles. The second-order valence-electron chi connectivity index (χ2n) is 6.53. The minimum absolute atomic E-state index is 0.0171. The van der Waals surface area contributed by atoms with Crippen molar-refractivity contribution in [2.24, 2.45) is 0 Å². The number of β-lactam (4-membered cyclic amide) rings is 1. The van der Waals surface area contributed by atoms with E-state index in [0.29, 0.717) is 4.90 Å². The Bertz CT molecular complexity index is 1130. The van der Waals surface area contributed by atoms with Crippen LogP contribution in [-0.2, 0) is 24.6 Å². The molecule has 1 aliphatic rings. The number of amides is 4. The number of aliphatic carboxylic acids is 1. The van der Waals surface area contributed by atoms with Gasteiger partial charge in [-0.25, -0.2) is 14.2 Å². The van der Waals surface area contributed by atoms with Gasteiger partial charge in [0.25, 0.3) is 5.91 Å². The van der Waals surface area contributed by atoms with Gasteiger partial charge < -0.3 is 10.4 Å². The lowest BCUT2D eigenvalue weighted by molar-refractivity contribution is -0.147. The molecule has 1 saturated heterocycles. The first-order chi connectivity index (χ1) is 14.6. The van der Waals surface area contributed by atoms with E-state index in [1.165, 1.54) is 18.2 Å². The zero-order valence-electron chi connectivity index (χ0n) is 15.9. The summed E-state index contributed by atoms with van der Waals surface area (Å²) in [5, 5.41) is 11.6. The summed E-state index contributed by atoms with van der Waals surface area (Å²) in [4.78, 5) is 49.5. The number of aromatic nitrogens is 1. The molecule has 1 aliphatic heterocycles. The van der Waals surface area contributed by atoms with Crippen LogP contribution in [0.15, 0.2) is 36.4 Å². The molecule has 0 aliphatic carbocycles. The Morgan fingerprint density at radius 2 is 1.94 bits per heavy atom. The molecule has 164 valence electrons. The molecule has 2 aromatic rings. The van der Waals surface area contributed by atoms with Crippen molar-refractivity contribution in [1.29, 1.82) is 0 Å². The number of imide groups is 1. The summed E-state index contributed by atoms with van der Waals surface area (Å²) in [5.41, 5.74) is 0.225. The van der Waals surface area contributed by atoms with E-state index >= 15 is 0 Å². The minimum Gasteiger partial charge on any atom is -0.480 e. The first-order valence-corrected chi connectivity index (χ1v) is 11.0. The largest absolute Gasteiger partial charge is 0.480 e. The number of urea groups is 1. The van der Waals surface area contributed by atoms with Crippen LogP contribution in [0.25, 0.3) is 0 Å². The topological polar surface area (TPSA) is 175 Å². The summed E-state index contributed by atoms with van der Waals surface area (Å²) in [6.07, 6.45) is 0. The van der Waals surface area contributed by atoms with E-state index < -0.39 is 46.0 Å². The van der Waals surface area contributed by atoms with E-state index in [4.69, 9.17) is 0 Å². The van der Waals surface area contributed by atoms with E-state index in [2.05, 4.69) is 9.69 Å². The fourth-order valence-electron chi connectivity index (χ4n) is 2.77. The van der Waals surface area contributed by atoms with E-state index in [1.54, 1.807) is 29.8 Å². The van der Waals surface area contributed by atoms with E-state index in [0.717, 1.165) is 16.4 Å². The molecule has 1 fully saturated rings. The normalized spacial score (nSPS) is 16.7. The number of benzene rings is 1. The number of aryl methyl sites for hydroxylation is 1. The number of carboxylic acid groups (broad SMARTS) is 1. The smallest absolute Gasteiger partial charge is 0.339 e. The third-order valence-corrected chi connectivity index (χ3v) is 5.84. The number of carbonyl (C=O) groups excluding carboxylic acids is 3. The molecule has 12 nitrogen and oxygen atoms in total. The molecule has 0 spiro atoms. The highest BCUT2D eigenvalue weighted by Crippen LogP contribution is 2.19. The van der Waals surface area contributed by atoms with Gasteiger partial charge in [0.2, 0.25) is 5.91 Å². The van der Waals surface area contributed by atoms with Gasteiger partial charge in [-0.05, 0) is 30.1 Å². The summed E-state index contributed by atoms with van der Waals surface area (Å²) in [6, 6.07) is 6.81. The van der Waals surface area contributed by atoms with Gasteiger partial charge in [0, 0.05) is 4.88 Å². The number of carboxylic acids is 1. The zero-order chi connectivity index (χ0) is 22.8. The van der Waals surface area contributed by atoms with Crippen molar-refractivity contribution in [3.8, 4) is 0 Å². The van der Waals surface area contributed by atoms with Crippen molar-refractivity contribution >= 4 is 51.4 Å². The highest BCUT2D eigenvalue weighted by atomic mass is 32.2. The van der Waals surface area contributed by atoms with Crippen LogP contribution in [0.1, 0.15) is 16.4 Å². The third-order valence-electron chi connectivity index (χ3n) is 4.22. The minimum atomic E-state index is -4.33. The van der Waals surface area contributed by atoms with Crippen molar-refractivity contribution in [3.63, 3.8) is 0 Å². The lowest BCUT2D eigenvalue weighted by atomic mass is 9.97. The Hall–Kier alpha value is -3.52. The van der Waals surface area contributed by atoms with Crippen molar-refractivity contribution in [2.45, 2.75) is 18.9 Å². The van der Waals surface area contributed by atoms with Crippen LogP contribution in [0.3, 0.4) is 0 Å². The Kier molecular flexibility index (Phi) is 6.21. The summed E-state index contributed by atoms with van der Waals surface area (Å²) in [5.74, 6) is -4.72. The average Bonchev–Trinajstić information content (AvgIpc) is 3.08. The van der Waals surface area contributed by atoms with Crippen LogP contribution in [0.5, 0.6) is 0 Å². The van der Waals surface area contributed by atoms with Crippen LogP contribution < -0.4 is 14.8 Å². The van der Waals surface area contributed by atoms with Crippen LogP contribution >= 0.6 is 11.5 Å². The molecule has 14 heteroatoms. The second-order valence-corrected chi connectivity index (χ2v) is 8.95. The molecule has 2 atom stereocenters. The van der Waals surface area contributed by atoms with Crippen molar-refractivity contribution in [1.82, 2.24) is 19.3 Å². The number of nitrogens with zero attached hydrogens (tertiary/aromatic N) is 2. The summed E-state index contributed by atoms with van der Waals surface area (Å²) in [7, 11) is -4.33. The highest BCUT2D eigenvalue weighted by molar-refractivity contribution is 7.91. The third kappa shape index (κ3) is 5.16. The molecule has 31 heavy (non-hydrogen) atoms. The summed E-state index contributed by atoms with van der Waals surface area (Å²) < 4.78 is 31.5. The first kappa shape index (κ1) is 22.2. The number of hydrogen-bond donors (Lipinski definition) is 4. The Morgan fingerprint density at radius 3 is 2.48 bits per heavy atom. The Balaban J connectivity index is 1.57. The maximum Gasteiger partial charge on any atom is 0.339 e. The Labute approximate surface area is 180 Å². The van der Waals surface area contributed by atoms with Gasteiger partial charge in [-0.3, -0.25) is 19.3 Å². The quantitative estimate of drug-likeness (QED) is 0.325. The monoisotopic (exact) mass is 467 g/mol. The predicted octanol–water partition coefficient (Wildman–Crippen LogP) is 0.0132. The van der Waals surface area contributed by atoms with Crippen molar-refractivity contribution in [2.75, 3.05) is 11.3 Å². The summed E-state index contributed by atoms with van der Waals surface area (Å²) >= 11 is 1.06. The van der Waals surface area contributed by atoms with Crippen LogP contribution in [0.2, 0.25) is 0 Å².